The number of aliphatic hydroxyl groups excluding tert-OH is 2. The molecule has 128 valence electrons. The maximum atomic E-state index is 12.5. The molecule has 0 fully saturated rings. The molecule has 1 atom stereocenters. The Kier molecular flexibility index (Phi) is 6.17. The molecule has 0 spiro atoms. The number of hydrazine groups is 1. The summed E-state index contributed by atoms with van der Waals surface area (Å²) in [6, 6.07) is 12.9. The molecule has 0 aliphatic heterocycles. The summed E-state index contributed by atoms with van der Waals surface area (Å²) < 4.78 is 0. The fraction of sp³-hybridized carbons (Fsp3) is 0.278. The normalized spacial score (nSPS) is 11.7. The molecule has 5 N–H and O–H groups in total. The summed E-state index contributed by atoms with van der Waals surface area (Å²) in [6.45, 7) is 3.75. The fourth-order valence-electron chi connectivity index (χ4n) is 2.33. The number of para-hydroxylation sites is 2. The summed E-state index contributed by atoms with van der Waals surface area (Å²) in [6.07, 6.45) is -0.881. The Labute approximate surface area is 141 Å². The number of carbonyl (C=O) groups excluding carboxylic acids is 1. The van der Waals surface area contributed by atoms with Gasteiger partial charge in [-0.3, -0.25) is 15.6 Å². The third-order valence-electron chi connectivity index (χ3n) is 3.69. The lowest BCUT2D eigenvalue weighted by Gasteiger charge is -2.16. The number of hydrogen-bond donors (Lipinski definition) is 5. The van der Waals surface area contributed by atoms with Gasteiger partial charge in [0.1, 0.15) is 0 Å². The Hall–Kier alpha value is -2.57. The van der Waals surface area contributed by atoms with Crippen LogP contribution in [0.25, 0.3) is 0 Å². The molecular formula is C18H23N3O3. The van der Waals surface area contributed by atoms with Gasteiger partial charge in [-0.2, -0.15) is 0 Å². The minimum atomic E-state index is -0.881. The molecule has 0 aromatic heterocycles. The molecule has 6 nitrogen and oxygen atoms in total. The number of rotatable bonds is 7. The van der Waals surface area contributed by atoms with E-state index in [1.165, 1.54) is 0 Å². The highest BCUT2D eigenvalue weighted by Crippen LogP contribution is 2.19. The minimum absolute atomic E-state index is 0.158. The molecule has 0 saturated carbocycles. The predicted octanol–water partition coefficient (Wildman–Crippen LogP) is 1.83. The van der Waals surface area contributed by atoms with Crippen LogP contribution in [-0.4, -0.2) is 35.4 Å². The minimum Gasteiger partial charge on any atom is -0.394 e. The molecule has 0 aliphatic carbocycles. The van der Waals surface area contributed by atoms with Gasteiger partial charge >= 0.3 is 0 Å². The first-order valence-corrected chi connectivity index (χ1v) is 7.77. The first-order chi connectivity index (χ1) is 11.5. The van der Waals surface area contributed by atoms with Crippen molar-refractivity contribution in [3.05, 3.63) is 59.2 Å². The lowest BCUT2D eigenvalue weighted by atomic mass is 10.1. The van der Waals surface area contributed by atoms with Crippen LogP contribution in [-0.2, 0) is 0 Å². The van der Waals surface area contributed by atoms with Gasteiger partial charge in [-0.05, 0) is 37.1 Å². The van der Waals surface area contributed by atoms with E-state index in [0.29, 0.717) is 11.3 Å². The van der Waals surface area contributed by atoms with Gasteiger partial charge in [0, 0.05) is 12.2 Å². The van der Waals surface area contributed by atoms with Crippen LogP contribution in [0, 0.1) is 13.8 Å². The van der Waals surface area contributed by atoms with E-state index in [9.17, 15) is 9.90 Å². The quantitative estimate of drug-likeness (QED) is 0.500. The number of anilines is 2. The average Bonchev–Trinajstić information content (AvgIpc) is 2.59. The number of amides is 1. The van der Waals surface area contributed by atoms with Crippen LogP contribution in [0.5, 0.6) is 0 Å². The monoisotopic (exact) mass is 329 g/mol. The number of benzene rings is 2. The van der Waals surface area contributed by atoms with E-state index in [4.69, 9.17) is 5.11 Å². The van der Waals surface area contributed by atoms with Gasteiger partial charge in [0.25, 0.3) is 5.91 Å². The van der Waals surface area contributed by atoms with Crippen molar-refractivity contribution in [3.63, 3.8) is 0 Å². The summed E-state index contributed by atoms with van der Waals surface area (Å²) in [5.41, 5.74) is 9.64. The van der Waals surface area contributed by atoms with Crippen LogP contribution in [0.2, 0.25) is 0 Å². The van der Waals surface area contributed by atoms with Crippen molar-refractivity contribution in [1.82, 2.24) is 5.43 Å². The van der Waals surface area contributed by atoms with Crippen molar-refractivity contribution in [2.45, 2.75) is 20.0 Å². The van der Waals surface area contributed by atoms with Crippen molar-refractivity contribution >= 4 is 17.3 Å². The Balaban J connectivity index is 2.07. The van der Waals surface area contributed by atoms with E-state index in [2.05, 4.69) is 16.2 Å². The SMILES string of the molecule is Cc1cccc(C)c1NNC(=O)c1ccccc1NCC(O)CO. The average molecular weight is 329 g/mol. The maximum Gasteiger partial charge on any atom is 0.271 e. The lowest BCUT2D eigenvalue weighted by Crippen LogP contribution is -2.31. The number of carbonyl (C=O) groups is 1. The number of aryl methyl sites for hydroxylation is 2. The van der Waals surface area contributed by atoms with Crippen LogP contribution < -0.4 is 16.2 Å². The van der Waals surface area contributed by atoms with Gasteiger partial charge in [0.15, 0.2) is 0 Å². The first-order valence-electron chi connectivity index (χ1n) is 7.77. The van der Waals surface area contributed by atoms with Crippen LogP contribution >= 0.6 is 0 Å². The Morgan fingerprint density at radius 1 is 1.08 bits per heavy atom. The fourth-order valence-corrected chi connectivity index (χ4v) is 2.33. The van der Waals surface area contributed by atoms with E-state index >= 15 is 0 Å². The molecule has 2 rings (SSSR count). The van der Waals surface area contributed by atoms with Gasteiger partial charge in [-0.25, -0.2) is 0 Å². The topological polar surface area (TPSA) is 93.6 Å². The standard InChI is InChI=1S/C18H23N3O3/c1-12-6-5-7-13(2)17(12)20-21-18(24)15-8-3-4-9-16(15)19-10-14(23)11-22/h3-9,14,19-20,22-23H,10-11H2,1-2H3,(H,21,24). The van der Waals surface area contributed by atoms with Gasteiger partial charge in [-0.1, -0.05) is 30.3 Å². The first kappa shape index (κ1) is 17.8. The Morgan fingerprint density at radius 2 is 1.75 bits per heavy atom. The smallest absolute Gasteiger partial charge is 0.271 e. The molecule has 6 heteroatoms. The van der Waals surface area contributed by atoms with Gasteiger partial charge in [0.05, 0.1) is 24.0 Å². The highest BCUT2D eigenvalue weighted by atomic mass is 16.3. The van der Waals surface area contributed by atoms with Gasteiger partial charge in [-0.15, -0.1) is 0 Å². The molecule has 0 bridgehead atoms. The van der Waals surface area contributed by atoms with Crippen molar-refractivity contribution in [3.8, 4) is 0 Å². The van der Waals surface area contributed by atoms with Crippen molar-refractivity contribution in [2.75, 3.05) is 23.9 Å². The Bertz CT molecular complexity index is 683. The zero-order valence-electron chi connectivity index (χ0n) is 13.8. The Morgan fingerprint density at radius 3 is 2.42 bits per heavy atom. The van der Waals surface area contributed by atoms with Crippen molar-refractivity contribution in [1.29, 1.82) is 0 Å². The second-order valence-electron chi connectivity index (χ2n) is 5.61. The highest BCUT2D eigenvalue weighted by molar-refractivity contribution is 6.00. The summed E-state index contributed by atoms with van der Waals surface area (Å²) in [7, 11) is 0. The van der Waals surface area contributed by atoms with Crippen LogP contribution in [0.15, 0.2) is 42.5 Å². The molecule has 0 heterocycles. The van der Waals surface area contributed by atoms with Gasteiger partial charge < -0.3 is 15.5 Å². The molecule has 2 aromatic carbocycles. The third-order valence-corrected chi connectivity index (χ3v) is 3.69. The van der Waals surface area contributed by atoms with Crippen LogP contribution in [0.1, 0.15) is 21.5 Å². The van der Waals surface area contributed by atoms with Crippen molar-refractivity contribution < 1.29 is 15.0 Å². The molecular weight excluding hydrogens is 306 g/mol. The predicted molar refractivity (Wildman–Crippen MR) is 95.0 cm³/mol. The van der Waals surface area contributed by atoms with E-state index in [1.807, 2.05) is 32.0 Å². The summed E-state index contributed by atoms with van der Waals surface area (Å²) >= 11 is 0. The van der Waals surface area contributed by atoms with E-state index in [1.54, 1.807) is 24.3 Å². The third kappa shape index (κ3) is 4.47. The summed E-state index contributed by atoms with van der Waals surface area (Å²) in [5, 5.41) is 21.3. The lowest BCUT2D eigenvalue weighted by molar-refractivity contribution is 0.0962. The van der Waals surface area contributed by atoms with Crippen LogP contribution in [0.4, 0.5) is 11.4 Å². The largest absolute Gasteiger partial charge is 0.394 e. The molecule has 1 unspecified atom stereocenters. The molecule has 24 heavy (non-hydrogen) atoms. The highest BCUT2D eigenvalue weighted by Gasteiger charge is 2.12. The van der Waals surface area contributed by atoms with Crippen LogP contribution in [0.3, 0.4) is 0 Å². The zero-order valence-corrected chi connectivity index (χ0v) is 13.8. The number of aliphatic hydroxyl groups is 2. The molecule has 1 amide bonds. The maximum absolute atomic E-state index is 12.5. The molecule has 0 aliphatic rings. The van der Waals surface area contributed by atoms with Crippen molar-refractivity contribution in [2.24, 2.45) is 0 Å². The summed E-state index contributed by atoms with van der Waals surface area (Å²) in [5.74, 6) is -0.292. The molecule has 0 radical (unpaired) electrons. The van der Waals surface area contributed by atoms with E-state index in [0.717, 1.165) is 16.8 Å². The van der Waals surface area contributed by atoms with Gasteiger partial charge in [0.2, 0.25) is 0 Å². The summed E-state index contributed by atoms with van der Waals surface area (Å²) in [4.78, 5) is 12.5. The second-order valence-corrected chi connectivity index (χ2v) is 5.61. The van der Waals surface area contributed by atoms with E-state index < -0.39 is 6.10 Å². The second kappa shape index (κ2) is 8.33. The number of hydrogen-bond acceptors (Lipinski definition) is 5. The number of nitrogens with one attached hydrogen (secondary N) is 3. The van der Waals surface area contributed by atoms with E-state index in [-0.39, 0.29) is 19.1 Å². The molecule has 0 saturated heterocycles. The molecule has 2 aromatic rings. The zero-order chi connectivity index (χ0) is 17.5.